The van der Waals surface area contributed by atoms with Crippen molar-refractivity contribution in [2.75, 3.05) is 26.2 Å². The van der Waals surface area contributed by atoms with E-state index in [9.17, 15) is 48.9 Å². The van der Waals surface area contributed by atoms with Gasteiger partial charge in [-0.05, 0) is 91.7 Å². The molecule has 0 bridgehead atoms. The van der Waals surface area contributed by atoms with E-state index in [1.165, 1.54) is 29.2 Å². The lowest BCUT2D eigenvalue weighted by atomic mass is 10.0. The maximum absolute atomic E-state index is 14.1. The minimum atomic E-state index is -1.37. The maximum atomic E-state index is 14.1. The number of isothiocyanates is 1. The maximum Gasteiger partial charge on any atom is 0.246 e. The highest BCUT2D eigenvalue weighted by Crippen LogP contribution is 2.21. The summed E-state index contributed by atoms with van der Waals surface area (Å²) in [6.45, 7) is -0.885. The first-order valence-corrected chi connectivity index (χ1v) is 21.2. The van der Waals surface area contributed by atoms with Crippen LogP contribution in [0.4, 0.5) is 0 Å². The molecule has 1 aliphatic rings. The number of nitrogens with one attached hydrogen (secondary N) is 5. The van der Waals surface area contributed by atoms with Gasteiger partial charge in [-0.25, -0.2) is 4.99 Å². The molecule has 7 amide bonds. The van der Waals surface area contributed by atoms with E-state index in [1.807, 2.05) is 0 Å². The largest absolute Gasteiger partial charge is 0.508 e. The van der Waals surface area contributed by atoms with Gasteiger partial charge in [0.1, 0.15) is 41.7 Å². The summed E-state index contributed by atoms with van der Waals surface area (Å²) >= 11 is 4.64. The van der Waals surface area contributed by atoms with Gasteiger partial charge in [0, 0.05) is 25.9 Å². The number of aliphatic hydroxyl groups is 1. The van der Waals surface area contributed by atoms with E-state index < -0.39 is 90.8 Å². The van der Waals surface area contributed by atoms with Gasteiger partial charge in [-0.2, -0.15) is 0 Å². The van der Waals surface area contributed by atoms with E-state index in [0.29, 0.717) is 42.5 Å². The number of aromatic hydroxyl groups is 2. The summed E-state index contributed by atoms with van der Waals surface area (Å²) in [7, 11) is 0. The third-order valence-corrected chi connectivity index (χ3v) is 10.6. The molecule has 0 radical (unpaired) electrons. The molecule has 0 aromatic heterocycles. The van der Waals surface area contributed by atoms with E-state index in [1.54, 1.807) is 54.6 Å². The summed E-state index contributed by atoms with van der Waals surface area (Å²) in [5, 5.41) is 44.2. The lowest BCUT2D eigenvalue weighted by Crippen LogP contribution is -2.58. The van der Waals surface area contributed by atoms with Gasteiger partial charge in [0.25, 0.3) is 0 Å². The van der Waals surface area contributed by atoms with Crippen LogP contribution in [-0.2, 0) is 52.8 Å². The van der Waals surface area contributed by atoms with Crippen molar-refractivity contribution in [3.63, 3.8) is 0 Å². The van der Waals surface area contributed by atoms with Gasteiger partial charge < -0.3 is 58.3 Å². The smallest absolute Gasteiger partial charge is 0.246 e. The van der Waals surface area contributed by atoms with Crippen LogP contribution in [0.5, 0.6) is 11.5 Å². The molecule has 64 heavy (non-hydrogen) atoms. The number of amides is 7. The molecule has 6 atom stereocenters. The zero-order valence-electron chi connectivity index (χ0n) is 35.1. The van der Waals surface area contributed by atoms with Crippen molar-refractivity contribution in [3.8, 4) is 11.5 Å². The number of thiocarbonyl (C=S) groups is 1. The van der Waals surface area contributed by atoms with Gasteiger partial charge in [0.05, 0.1) is 24.4 Å². The summed E-state index contributed by atoms with van der Waals surface area (Å²) < 4.78 is 0. The lowest BCUT2D eigenvalue weighted by molar-refractivity contribution is -0.142. The minimum absolute atomic E-state index is 0.00227. The summed E-state index contributed by atoms with van der Waals surface area (Å²) in [5.74, 6) is -5.13. The molecular formula is C44H55N9O10S. The Kier molecular flexibility index (Phi) is 19.8. The molecule has 1 aliphatic heterocycles. The van der Waals surface area contributed by atoms with Crippen LogP contribution in [0.3, 0.4) is 0 Å². The Balaban J connectivity index is 1.49. The van der Waals surface area contributed by atoms with Gasteiger partial charge in [0.15, 0.2) is 0 Å². The number of phenols is 2. The minimum Gasteiger partial charge on any atom is -0.508 e. The first-order chi connectivity index (χ1) is 30.7. The van der Waals surface area contributed by atoms with Crippen LogP contribution >= 0.6 is 12.2 Å². The molecular weight excluding hydrogens is 847 g/mol. The second kappa shape index (κ2) is 25.4. The van der Waals surface area contributed by atoms with Crippen LogP contribution in [-0.4, -0.2) is 129 Å². The molecule has 0 aliphatic carbocycles. The predicted octanol–water partition coefficient (Wildman–Crippen LogP) is -0.750. The molecule has 3 aromatic carbocycles. The van der Waals surface area contributed by atoms with Crippen LogP contribution in [0.1, 0.15) is 48.8 Å². The number of carbonyl (C=O) groups is 7. The van der Waals surface area contributed by atoms with Crippen molar-refractivity contribution < 1.29 is 48.9 Å². The van der Waals surface area contributed by atoms with E-state index >= 15 is 0 Å². The molecule has 19 nitrogen and oxygen atoms in total. The van der Waals surface area contributed by atoms with Gasteiger partial charge in [-0.1, -0.05) is 54.6 Å². The second-order valence-corrected chi connectivity index (χ2v) is 15.5. The third kappa shape index (κ3) is 15.9. The number of phenolic OH excluding ortho intramolecular Hbond substituents is 2. The summed E-state index contributed by atoms with van der Waals surface area (Å²) in [6.07, 6.45) is 1.81. The highest BCUT2D eigenvalue weighted by molar-refractivity contribution is 7.78. The quantitative estimate of drug-likeness (QED) is 0.0302. The fourth-order valence-corrected chi connectivity index (χ4v) is 7.12. The second-order valence-electron chi connectivity index (χ2n) is 15.3. The number of hydrogen-bond donors (Lipinski definition) is 10. The summed E-state index contributed by atoms with van der Waals surface area (Å²) in [4.78, 5) is 98.8. The molecule has 0 saturated carbocycles. The number of primary amides is 1. The van der Waals surface area contributed by atoms with Crippen molar-refractivity contribution in [1.82, 2.24) is 31.5 Å². The highest BCUT2D eigenvalue weighted by atomic mass is 32.1. The molecule has 0 spiro atoms. The van der Waals surface area contributed by atoms with Crippen molar-refractivity contribution in [2.24, 2.45) is 16.5 Å². The average molecular weight is 902 g/mol. The number of carbonyl (C=O) groups excluding carboxylic acids is 7. The summed E-state index contributed by atoms with van der Waals surface area (Å²) in [5.41, 5.74) is 13.4. The standard InChI is InChI=1S/C44H55N9O10S/c45-32(21-28-11-15-30(55)16-12-28)40(59)50-33(9-4-5-19-47-26-64)42(61)51-34(22-27-7-2-1-3-8-27)41(60)48-24-38(57)49-35(23-29-13-17-31(56)18-14-29)44(63)53-20-6-10-37(53)43(62)52-36(25-54)39(46)58/h1-3,7-8,11-18,32-37,54-56H,4-6,9-10,19-25,45H2,(H2,46,58)(H,48,60)(H,49,57)(H,50,59)(H,51,61)(H,52,62)/t32-,33+,34-,35-,36-,37-/m0/s1. The Morgan fingerprint density at radius 2 is 1.33 bits per heavy atom. The topological polar surface area (TPSA) is 308 Å². The van der Waals surface area contributed by atoms with Crippen molar-refractivity contribution in [2.45, 2.75) is 87.6 Å². The number of rotatable bonds is 24. The Labute approximate surface area is 375 Å². The van der Waals surface area contributed by atoms with Gasteiger partial charge in [-0.3, -0.25) is 33.6 Å². The monoisotopic (exact) mass is 901 g/mol. The molecule has 12 N–H and O–H groups in total. The molecule has 20 heteroatoms. The fourth-order valence-electron chi connectivity index (χ4n) is 7.02. The molecule has 1 heterocycles. The van der Waals surface area contributed by atoms with Crippen LogP contribution in [0.25, 0.3) is 0 Å². The van der Waals surface area contributed by atoms with Crippen LogP contribution < -0.4 is 38.1 Å². The first-order valence-electron chi connectivity index (χ1n) is 20.8. The number of unbranched alkanes of at least 4 members (excludes halogenated alkanes) is 1. The Morgan fingerprint density at radius 1 is 0.734 bits per heavy atom. The van der Waals surface area contributed by atoms with Crippen molar-refractivity contribution in [1.29, 1.82) is 0 Å². The zero-order valence-corrected chi connectivity index (χ0v) is 35.9. The Morgan fingerprint density at radius 3 is 1.94 bits per heavy atom. The average Bonchev–Trinajstić information content (AvgIpc) is 3.78. The van der Waals surface area contributed by atoms with Gasteiger partial charge >= 0.3 is 0 Å². The van der Waals surface area contributed by atoms with Crippen LogP contribution in [0.2, 0.25) is 0 Å². The van der Waals surface area contributed by atoms with Crippen LogP contribution in [0, 0.1) is 0 Å². The third-order valence-electron chi connectivity index (χ3n) is 10.5. The highest BCUT2D eigenvalue weighted by Gasteiger charge is 2.39. The number of nitrogens with zero attached hydrogens (tertiary/aromatic N) is 2. The Bertz CT molecular complexity index is 2120. The number of aliphatic hydroxyl groups excluding tert-OH is 1. The van der Waals surface area contributed by atoms with Gasteiger partial charge in [-0.15, -0.1) is 0 Å². The number of hydrogen-bond acceptors (Lipinski definition) is 13. The number of likely N-dealkylation sites (tertiary alicyclic amines) is 1. The zero-order chi connectivity index (χ0) is 46.6. The first kappa shape index (κ1) is 49.9. The normalized spacial score (nSPS) is 15.5. The molecule has 1 saturated heterocycles. The number of benzene rings is 3. The molecule has 4 rings (SSSR count). The van der Waals surface area contributed by atoms with Crippen molar-refractivity contribution in [3.05, 3.63) is 95.6 Å². The van der Waals surface area contributed by atoms with E-state index in [-0.39, 0.29) is 50.1 Å². The van der Waals surface area contributed by atoms with Gasteiger partial charge in [0.2, 0.25) is 41.4 Å². The number of nitrogens with two attached hydrogens (primary N) is 2. The fraction of sp³-hybridized carbons (Fsp3) is 0.409. The van der Waals surface area contributed by atoms with E-state index in [4.69, 9.17) is 11.5 Å². The molecule has 1 fully saturated rings. The van der Waals surface area contributed by atoms with E-state index in [2.05, 4.69) is 49.0 Å². The molecule has 342 valence electrons. The Hall–Kier alpha value is -6.73. The lowest BCUT2D eigenvalue weighted by Gasteiger charge is -2.29. The van der Waals surface area contributed by atoms with Crippen LogP contribution in [0.15, 0.2) is 83.9 Å². The van der Waals surface area contributed by atoms with E-state index in [0.717, 1.165) is 0 Å². The predicted molar refractivity (Wildman–Crippen MR) is 237 cm³/mol. The summed E-state index contributed by atoms with van der Waals surface area (Å²) in [6, 6.07) is 13.8. The molecule has 3 aromatic rings. The van der Waals surface area contributed by atoms with Crippen molar-refractivity contribution >= 4 is 58.7 Å². The number of aliphatic imine (C=N–C) groups is 1. The molecule has 0 unspecified atom stereocenters. The SMILES string of the molecule is NC(=O)[C@H](CO)NC(=O)[C@@H]1CCCN1C(=O)[C@H](Cc1ccc(O)cc1)NC(=O)CNC(=O)[C@H](Cc1ccccc1)NC(=O)[C@@H](CCCCN=C=S)NC(=O)[C@@H](N)Cc1ccc(O)cc1.